The minimum absolute atomic E-state index is 0.0450. The number of aromatic nitrogens is 2. The van der Waals surface area contributed by atoms with E-state index >= 15 is 0 Å². The van der Waals surface area contributed by atoms with Crippen molar-refractivity contribution in [3.8, 4) is 5.88 Å². The SMILES string of the molecule is COC(=O)C[C@H](c1ccsc1)c1c(O)nc2ccccn2c1=O. The predicted octanol–water partition coefficient (Wildman–Crippen LogP) is 2.16. The van der Waals surface area contributed by atoms with Crippen molar-refractivity contribution in [3.63, 3.8) is 0 Å². The van der Waals surface area contributed by atoms with Crippen LogP contribution in [-0.2, 0) is 9.53 Å². The Morgan fingerprint density at radius 1 is 1.43 bits per heavy atom. The Hall–Kier alpha value is -2.67. The Morgan fingerprint density at radius 2 is 2.26 bits per heavy atom. The van der Waals surface area contributed by atoms with Gasteiger partial charge in [-0.3, -0.25) is 14.0 Å². The van der Waals surface area contributed by atoms with Gasteiger partial charge in [-0.05, 0) is 34.5 Å². The number of aromatic hydroxyl groups is 1. The highest BCUT2D eigenvalue weighted by atomic mass is 32.1. The first-order chi connectivity index (χ1) is 11.1. The second-order valence-electron chi connectivity index (χ2n) is 4.97. The van der Waals surface area contributed by atoms with Crippen molar-refractivity contribution < 1.29 is 14.6 Å². The lowest BCUT2D eigenvalue weighted by Gasteiger charge is -2.16. The highest BCUT2D eigenvalue weighted by molar-refractivity contribution is 7.08. The summed E-state index contributed by atoms with van der Waals surface area (Å²) in [6.07, 6.45) is 1.53. The van der Waals surface area contributed by atoms with E-state index in [4.69, 9.17) is 4.74 Å². The molecule has 0 saturated carbocycles. The Kier molecular flexibility index (Phi) is 4.12. The zero-order valence-corrected chi connectivity index (χ0v) is 13.1. The van der Waals surface area contributed by atoms with E-state index in [0.29, 0.717) is 5.65 Å². The zero-order valence-electron chi connectivity index (χ0n) is 12.3. The van der Waals surface area contributed by atoms with Gasteiger partial charge in [0.15, 0.2) is 0 Å². The van der Waals surface area contributed by atoms with E-state index in [0.717, 1.165) is 5.56 Å². The molecule has 0 aliphatic heterocycles. The van der Waals surface area contributed by atoms with Crippen LogP contribution in [0.2, 0.25) is 0 Å². The molecule has 0 bridgehead atoms. The first-order valence-corrected chi connectivity index (χ1v) is 7.85. The highest BCUT2D eigenvalue weighted by Crippen LogP contribution is 2.32. The van der Waals surface area contributed by atoms with Gasteiger partial charge in [0.2, 0.25) is 5.88 Å². The summed E-state index contributed by atoms with van der Waals surface area (Å²) in [7, 11) is 1.29. The summed E-state index contributed by atoms with van der Waals surface area (Å²) in [6, 6.07) is 6.88. The van der Waals surface area contributed by atoms with E-state index in [1.54, 1.807) is 24.4 Å². The van der Waals surface area contributed by atoms with E-state index in [9.17, 15) is 14.7 Å². The first kappa shape index (κ1) is 15.2. The Balaban J connectivity index is 2.21. The van der Waals surface area contributed by atoms with E-state index in [1.165, 1.54) is 22.8 Å². The van der Waals surface area contributed by atoms with Crippen LogP contribution < -0.4 is 5.56 Å². The van der Waals surface area contributed by atoms with E-state index in [1.807, 2.05) is 16.8 Å². The number of hydrogen-bond acceptors (Lipinski definition) is 6. The number of pyridine rings is 1. The van der Waals surface area contributed by atoms with Crippen molar-refractivity contribution in [1.29, 1.82) is 0 Å². The number of carbonyl (C=O) groups is 1. The molecule has 23 heavy (non-hydrogen) atoms. The smallest absolute Gasteiger partial charge is 0.306 e. The number of rotatable bonds is 4. The minimum atomic E-state index is -0.606. The van der Waals surface area contributed by atoms with Crippen LogP contribution in [0.4, 0.5) is 0 Å². The molecular formula is C16H14N2O4S. The monoisotopic (exact) mass is 330 g/mol. The van der Waals surface area contributed by atoms with Crippen molar-refractivity contribution in [3.05, 3.63) is 62.7 Å². The summed E-state index contributed by atoms with van der Waals surface area (Å²) in [4.78, 5) is 28.6. The van der Waals surface area contributed by atoms with Gasteiger partial charge < -0.3 is 9.84 Å². The average molecular weight is 330 g/mol. The van der Waals surface area contributed by atoms with Crippen molar-refractivity contribution in [2.24, 2.45) is 0 Å². The second kappa shape index (κ2) is 6.21. The molecule has 3 rings (SSSR count). The summed E-state index contributed by atoms with van der Waals surface area (Å²) in [5, 5.41) is 14.0. The summed E-state index contributed by atoms with van der Waals surface area (Å²) in [5.74, 6) is -1.43. The summed E-state index contributed by atoms with van der Waals surface area (Å²) >= 11 is 1.45. The molecule has 3 aromatic rings. The van der Waals surface area contributed by atoms with Gasteiger partial charge in [-0.2, -0.15) is 16.3 Å². The van der Waals surface area contributed by atoms with Gasteiger partial charge in [0.25, 0.3) is 5.56 Å². The van der Waals surface area contributed by atoms with Crippen LogP contribution in [0, 0.1) is 0 Å². The highest BCUT2D eigenvalue weighted by Gasteiger charge is 2.27. The number of ether oxygens (including phenoxy) is 1. The fourth-order valence-electron chi connectivity index (χ4n) is 2.51. The number of hydrogen-bond donors (Lipinski definition) is 1. The van der Waals surface area contributed by atoms with Gasteiger partial charge in [0, 0.05) is 12.1 Å². The van der Waals surface area contributed by atoms with Crippen molar-refractivity contribution >= 4 is 23.0 Å². The van der Waals surface area contributed by atoms with Crippen LogP contribution in [0.25, 0.3) is 5.65 Å². The number of thiophene rings is 1. The summed E-state index contributed by atoms with van der Waals surface area (Å²) in [5.41, 5.74) is 0.817. The molecule has 0 spiro atoms. The molecule has 1 atom stereocenters. The van der Waals surface area contributed by atoms with Gasteiger partial charge in [0.1, 0.15) is 5.65 Å². The topological polar surface area (TPSA) is 80.9 Å². The van der Waals surface area contributed by atoms with Crippen LogP contribution >= 0.6 is 11.3 Å². The second-order valence-corrected chi connectivity index (χ2v) is 5.75. The quantitative estimate of drug-likeness (QED) is 0.741. The number of esters is 1. The third-order valence-electron chi connectivity index (χ3n) is 3.64. The van der Waals surface area contributed by atoms with Crippen molar-refractivity contribution in [2.75, 3.05) is 7.11 Å². The fourth-order valence-corrected chi connectivity index (χ4v) is 3.22. The van der Waals surface area contributed by atoms with Gasteiger partial charge in [-0.1, -0.05) is 6.07 Å². The van der Waals surface area contributed by atoms with E-state index < -0.39 is 17.4 Å². The molecule has 7 heteroatoms. The normalized spacial score (nSPS) is 12.2. The van der Waals surface area contributed by atoms with Crippen LogP contribution in [0.3, 0.4) is 0 Å². The van der Waals surface area contributed by atoms with Crippen LogP contribution in [0.5, 0.6) is 5.88 Å². The number of fused-ring (bicyclic) bond motifs is 1. The standard InChI is InChI=1S/C16H14N2O4S/c1-22-13(19)8-11(10-5-7-23-9-10)14-15(20)17-12-4-2-3-6-18(12)16(14)21/h2-7,9,11,20H,8H2,1H3/t11-/m1/s1. The lowest BCUT2D eigenvalue weighted by molar-refractivity contribution is -0.140. The number of methoxy groups -OCH3 is 1. The first-order valence-electron chi connectivity index (χ1n) is 6.91. The molecule has 0 aromatic carbocycles. The molecule has 0 amide bonds. The van der Waals surface area contributed by atoms with E-state index in [2.05, 4.69) is 4.98 Å². The zero-order chi connectivity index (χ0) is 16.4. The maximum atomic E-state index is 12.8. The fraction of sp³-hybridized carbons (Fsp3) is 0.188. The Labute approximate surface area is 135 Å². The molecule has 3 aromatic heterocycles. The Bertz CT molecular complexity index is 902. The third-order valence-corrected chi connectivity index (χ3v) is 4.34. The maximum absolute atomic E-state index is 12.8. The average Bonchev–Trinajstić information content (AvgIpc) is 3.08. The van der Waals surface area contributed by atoms with Crippen LogP contribution in [0.15, 0.2) is 46.0 Å². The molecule has 3 heterocycles. The van der Waals surface area contributed by atoms with Crippen molar-refractivity contribution in [1.82, 2.24) is 9.38 Å². The number of carbonyl (C=O) groups excluding carboxylic acids is 1. The van der Waals surface area contributed by atoms with Gasteiger partial charge in [-0.25, -0.2) is 0 Å². The van der Waals surface area contributed by atoms with Gasteiger partial charge in [0.05, 0.1) is 19.1 Å². The largest absolute Gasteiger partial charge is 0.493 e. The lowest BCUT2D eigenvalue weighted by Crippen LogP contribution is -2.24. The molecule has 0 unspecified atom stereocenters. The molecule has 0 fully saturated rings. The summed E-state index contributed by atoms with van der Waals surface area (Å²) < 4.78 is 6.07. The molecule has 1 N–H and O–H groups in total. The molecule has 0 aliphatic carbocycles. The van der Waals surface area contributed by atoms with Crippen molar-refractivity contribution in [2.45, 2.75) is 12.3 Å². The van der Waals surface area contributed by atoms with Gasteiger partial charge >= 0.3 is 5.97 Å². The van der Waals surface area contributed by atoms with E-state index in [-0.39, 0.29) is 17.9 Å². The molecule has 118 valence electrons. The Morgan fingerprint density at radius 3 is 2.96 bits per heavy atom. The third kappa shape index (κ3) is 2.83. The molecule has 0 aliphatic rings. The summed E-state index contributed by atoms with van der Waals surface area (Å²) in [6.45, 7) is 0. The number of nitrogens with zero attached hydrogens (tertiary/aromatic N) is 2. The van der Waals surface area contributed by atoms with Crippen LogP contribution in [0.1, 0.15) is 23.5 Å². The molecule has 6 nitrogen and oxygen atoms in total. The molecule has 0 saturated heterocycles. The lowest BCUT2D eigenvalue weighted by atomic mass is 9.91. The van der Waals surface area contributed by atoms with Gasteiger partial charge in [-0.15, -0.1) is 0 Å². The van der Waals surface area contributed by atoms with Crippen LogP contribution in [-0.4, -0.2) is 27.6 Å². The molecule has 0 radical (unpaired) electrons. The predicted molar refractivity (Wildman–Crippen MR) is 85.9 cm³/mol. The maximum Gasteiger partial charge on any atom is 0.306 e. The minimum Gasteiger partial charge on any atom is -0.493 e. The molecular weight excluding hydrogens is 316 g/mol.